The first-order chi connectivity index (χ1) is 11.8. The van der Waals surface area contributed by atoms with Gasteiger partial charge in [0, 0.05) is 12.6 Å². The first-order valence-electron chi connectivity index (χ1n) is 8.02. The van der Waals surface area contributed by atoms with E-state index in [4.69, 9.17) is 0 Å². The van der Waals surface area contributed by atoms with Gasteiger partial charge in [0.25, 0.3) is 5.91 Å². The van der Waals surface area contributed by atoms with Gasteiger partial charge in [-0.1, -0.05) is 12.1 Å². The molecule has 0 bridgehead atoms. The molecule has 0 spiro atoms. The van der Waals surface area contributed by atoms with E-state index >= 15 is 0 Å². The topological polar surface area (TPSA) is 70.7 Å². The van der Waals surface area contributed by atoms with E-state index in [1.54, 1.807) is 0 Å². The molecule has 0 aromatic heterocycles. The number of hydrazine groups is 1. The Balaban J connectivity index is 1.57. The fraction of sp³-hybridized carbons (Fsp3) is 0.500. The normalized spacial score (nSPS) is 23.2. The maximum atomic E-state index is 12.4. The van der Waals surface area contributed by atoms with Gasteiger partial charge in [0.15, 0.2) is 0 Å². The van der Waals surface area contributed by atoms with Crippen LogP contribution in [0.15, 0.2) is 24.3 Å². The Bertz CT molecular complexity index is 654. The molecule has 0 aliphatic carbocycles. The van der Waals surface area contributed by atoms with Gasteiger partial charge in [0.05, 0.1) is 11.5 Å². The zero-order valence-electron chi connectivity index (χ0n) is 13.3. The van der Waals surface area contributed by atoms with Gasteiger partial charge in [-0.25, -0.2) is 0 Å². The van der Waals surface area contributed by atoms with Crippen molar-refractivity contribution >= 4 is 11.8 Å². The van der Waals surface area contributed by atoms with Crippen LogP contribution in [-0.2, 0) is 4.79 Å². The average molecular weight is 357 g/mol. The molecule has 2 aliphatic rings. The summed E-state index contributed by atoms with van der Waals surface area (Å²) < 4.78 is 41.0. The van der Waals surface area contributed by atoms with E-state index < -0.39 is 18.0 Å². The Kier molecular flexibility index (Phi) is 4.85. The summed E-state index contributed by atoms with van der Waals surface area (Å²) in [5.41, 5.74) is 4.15. The summed E-state index contributed by atoms with van der Waals surface area (Å²) in [5.74, 6) is -2.06. The summed E-state index contributed by atoms with van der Waals surface area (Å²) in [5, 5.41) is 0. The molecule has 2 heterocycles. The Labute approximate surface area is 142 Å². The molecule has 2 aliphatic heterocycles. The minimum absolute atomic E-state index is 0.229. The Morgan fingerprint density at radius 3 is 2.68 bits per heavy atom. The number of carbonyl (C=O) groups is 2. The molecule has 6 nitrogen and oxygen atoms in total. The molecule has 9 heteroatoms. The third kappa shape index (κ3) is 4.22. The summed E-state index contributed by atoms with van der Waals surface area (Å²) in [6, 6.07) is 5.37. The lowest BCUT2D eigenvalue weighted by Crippen LogP contribution is -2.45. The molecule has 25 heavy (non-hydrogen) atoms. The van der Waals surface area contributed by atoms with Crippen LogP contribution in [0.5, 0.6) is 5.75 Å². The Morgan fingerprint density at radius 1 is 1.20 bits per heavy atom. The summed E-state index contributed by atoms with van der Waals surface area (Å²) in [4.78, 5) is 26.5. The minimum atomic E-state index is -4.91. The molecule has 1 aromatic carbocycles. The Hall–Kier alpha value is -2.29. The molecule has 2 amide bonds. The van der Waals surface area contributed by atoms with Crippen LogP contribution in [-0.4, -0.2) is 42.2 Å². The van der Waals surface area contributed by atoms with Crippen molar-refractivity contribution in [1.29, 1.82) is 0 Å². The second kappa shape index (κ2) is 6.91. The van der Waals surface area contributed by atoms with Crippen LogP contribution in [0.2, 0.25) is 0 Å². The van der Waals surface area contributed by atoms with Gasteiger partial charge in [-0.05, 0) is 37.9 Å². The maximum Gasteiger partial charge on any atom is 0.573 e. The lowest BCUT2D eigenvalue weighted by Gasteiger charge is -2.15. The fourth-order valence-corrected chi connectivity index (χ4v) is 3.43. The number of amides is 2. The van der Waals surface area contributed by atoms with E-state index in [0.717, 1.165) is 31.9 Å². The van der Waals surface area contributed by atoms with Crippen molar-refractivity contribution in [1.82, 2.24) is 15.8 Å². The van der Waals surface area contributed by atoms with Crippen LogP contribution in [0.25, 0.3) is 0 Å². The van der Waals surface area contributed by atoms with Crippen molar-refractivity contribution in [3.05, 3.63) is 29.8 Å². The lowest BCUT2D eigenvalue weighted by atomic mass is 10.0. The highest BCUT2D eigenvalue weighted by molar-refractivity contribution is 5.98. The van der Waals surface area contributed by atoms with Crippen molar-refractivity contribution in [2.24, 2.45) is 5.92 Å². The van der Waals surface area contributed by atoms with Crippen LogP contribution in [0.4, 0.5) is 13.2 Å². The number of hydrogen-bond donors (Lipinski definition) is 2. The average Bonchev–Trinajstić information content (AvgIpc) is 3.12. The van der Waals surface area contributed by atoms with E-state index in [9.17, 15) is 22.8 Å². The van der Waals surface area contributed by atoms with Gasteiger partial charge in [-0.3, -0.25) is 25.3 Å². The number of para-hydroxylation sites is 1. The number of benzene rings is 1. The highest BCUT2D eigenvalue weighted by Gasteiger charge is 2.38. The second-order valence-corrected chi connectivity index (χ2v) is 6.21. The van der Waals surface area contributed by atoms with Gasteiger partial charge in [0.1, 0.15) is 5.75 Å². The third-order valence-electron chi connectivity index (χ3n) is 4.54. The van der Waals surface area contributed by atoms with Crippen LogP contribution in [0, 0.1) is 5.92 Å². The molecule has 1 aromatic rings. The van der Waals surface area contributed by atoms with Crippen molar-refractivity contribution in [3.63, 3.8) is 0 Å². The standard InChI is InChI=1S/C16H18F3N3O3/c17-16(18,19)25-13-6-2-1-5-12(13)15(24)21-20-14(23)10-8-11-4-3-7-22(11)9-10/h1-2,5-6,10-11H,3-4,7-9H2,(H,20,23)(H,21,24). The minimum Gasteiger partial charge on any atom is -0.405 e. The number of fused-ring (bicyclic) bond motifs is 1. The number of hydrogen-bond acceptors (Lipinski definition) is 4. The molecule has 2 unspecified atom stereocenters. The van der Waals surface area contributed by atoms with Gasteiger partial charge < -0.3 is 4.74 Å². The van der Waals surface area contributed by atoms with E-state index in [2.05, 4.69) is 20.5 Å². The highest BCUT2D eigenvalue weighted by Crippen LogP contribution is 2.31. The summed E-state index contributed by atoms with van der Waals surface area (Å²) in [6.07, 6.45) is -1.98. The summed E-state index contributed by atoms with van der Waals surface area (Å²) in [6.45, 7) is 1.61. The van der Waals surface area contributed by atoms with Crippen LogP contribution >= 0.6 is 0 Å². The van der Waals surface area contributed by atoms with E-state index in [-0.39, 0.29) is 17.4 Å². The lowest BCUT2D eigenvalue weighted by molar-refractivity contribution is -0.274. The number of nitrogens with one attached hydrogen (secondary N) is 2. The fourth-order valence-electron chi connectivity index (χ4n) is 3.43. The first kappa shape index (κ1) is 17.5. The molecule has 2 fully saturated rings. The SMILES string of the molecule is O=C(NNC(=O)C1CC2CCCN2C1)c1ccccc1OC(F)(F)F. The summed E-state index contributed by atoms with van der Waals surface area (Å²) in [7, 11) is 0. The maximum absolute atomic E-state index is 12.4. The molecular weight excluding hydrogens is 339 g/mol. The first-order valence-corrected chi connectivity index (χ1v) is 8.02. The van der Waals surface area contributed by atoms with Crippen molar-refractivity contribution in [2.45, 2.75) is 31.7 Å². The predicted octanol–water partition coefficient (Wildman–Crippen LogP) is 1.83. The summed E-state index contributed by atoms with van der Waals surface area (Å²) >= 11 is 0. The molecule has 2 atom stereocenters. The van der Waals surface area contributed by atoms with Crippen molar-refractivity contribution in [3.8, 4) is 5.75 Å². The van der Waals surface area contributed by atoms with Gasteiger partial charge in [0.2, 0.25) is 5.91 Å². The van der Waals surface area contributed by atoms with Crippen molar-refractivity contribution in [2.75, 3.05) is 13.1 Å². The monoisotopic (exact) mass is 357 g/mol. The molecular formula is C16H18F3N3O3. The van der Waals surface area contributed by atoms with Crippen LogP contribution in [0.3, 0.4) is 0 Å². The zero-order chi connectivity index (χ0) is 18.0. The van der Waals surface area contributed by atoms with Crippen LogP contribution in [0.1, 0.15) is 29.6 Å². The molecule has 2 N–H and O–H groups in total. The van der Waals surface area contributed by atoms with Crippen LogP contribution < -0.4 is 15.6 Å². The van der Waals surface area contributed by atoms with E-state index in [1.165, 1.54) is 18.2 Å². The van der Waals surface area contributed by atoms with Crippen molar-refractivity contribution < 1.29 is 27.5 Å². The molecule has 2 saturated heterocycles. The molecule has 136 valence electrons. The number of rotatable bonds is 3. The highest BCUT2D eigenvalue weighted by atomic mass is 19.4. The van der Waals surface area contributed by atoms with Gasteiger partial charge in [-0.15, -0.1) is 13.2 Å². The molecule has 3 rings (SSSR count). The number of nitrogens with zero attached hydrogens (tertiary/aromatic N) is 1. The van der Waals surface area contributed by atoms with E-state index in [1.807, 2.05) is 0 Å². The second-order valence-electron chi connectivity index (χ2n) is 6.21. The third-order valence-corrected chi connectivity index (χ3v) is 4.54. The van der Waals surface area contributed by atoms with Gasteiger partial charge >= 0.3 is 6.36 Å². The number of ether oxygens (including phenoxy) is 1. The number of alkyl halides is 3. The quantitative estimate of drug-likeness (QED) is 0.810. The number of carbonyl (C=O) groups excluding carboxylic acids is 2. The van der Waals surface area contributed by atoms with Gasteiger partial charge in [-0.2, -0.15) is 0 Å². The largest absolute Gasteiger partial charge is 0.573 e. The molecule has 0 radical (unpaired) electrons. The Morgan fingerprint density at radius 2 is 1.96 bits per heavy atom. The number of halogens is 3. The smallest absolute Gasteiger partial charge is 0.405 e. The predicted molar refractivity (Wildman–Crippen MR) is 81.4 cm³/mol. The van der Waals surface area contributed by atoms with E-state index in [0.29, 0.717) is 12.6 Å². The zero-order valence-corrected chi connectivity index (χ0v) is 13.3. The molecule has 0 saturated carbocycles.